The van der Waals surface area contributed by atoms with Crippen LogP contribution in [0.25, 0.3) is 0 Å². The molecular formula is C8H10ClNO2. The van der Waals surface area contributed by atoms with Crippen molar-refractivity contribution in [3.8, 4) is 5.75 Å². The summed E-state index contributed by atoms with van der Waals surface area (Å²) in [6.07, 6.45) is 0. The Balaban J connectivity index is 0.00000121. The third kappa shape index (κ3) is 1.89. The molecule has 3 N–H and O–H groups in total. The summed E-state index contributed by atoms with van der Waals surface area (Å²) in [5.74, 6) is -0.184. The number of nitrogen functional groups attached to an aromatic ring is 1. The lowest BCUT2D eigenvalue weighted by molar-refractivity contribution is 0.101. The molecule has 0 spiro atoms. The first kappa shape index (κ1) is 10.8. The van der Waals surface area contributed by atoms with Gasteiger partial charge in [-0.1, -0.05) is 6.07 Å². The first-order valence-electron chi connectivity index (χ1n) is 3.21. The van der Waals surface area contributed by atoms with Gasteiger partial charge in [0.2, 0.25) is 0 Å². The number of ketones is 1. The Morgan fingerprint density at radius 1 is 1.50 bits per heavy atom. The maximum absolute atomic E-state index is 10.8. The number of aromatic hydroxyl groups is 1. The van der Waals surface area contributed by atoms with E-state index in [1.54, 1.807) is 12.1 Å². The number of benzene rings is 1. The molecule has 1 rings (SSSR count). The van der Waals surface area contributed by atoms with Crippen LogP contribution in [0.2, 0.25) is 0 Å². The number of carbonyl (C=O) groups excluding carboxylic acids is 1. The van der Waals surface area contributed by atoms with Crippen molar-refractivity contribution in [1.29, 1.82) is 0 Å². The number of Topliss-reactive ketones (excluding diaryl/α,β-unsaturated/α-hetero) is 1. The second-order valence-corrected chi connectivity index (χ2v) is 2.29. The van der Waals surface area contributed by atoms with Gasteiger partial charge in [0.05, 0.1) is 5.69 Å². The number of phenols is 1. The topological polar surface area (TPSA) is 63.3 Å². The molecule has 0 fully saturated rings. The van der Waals surface area contributed by atoms with Crippen LogP contribution in [0.1, 0.15) is 17.3 Å². The SMILES string of the molecule is CC(=O)c1cccc(O)c1N.Cl. The largest absolute Gasteiger partial charge is 0.506 e. The van der Waals surface area contributed by atoms with E-state index in [1.807, 2.05) is 0 Å². The summed E-state index contributed by atoms with van der Waals surface area (Å²) in [4.78, 5) is 10.8. The molecule has 0 aliphatic rings. The number of phenolic OH excluding ortho intramolecular Hbond substituents is 1. The van der Waals surface area contributed by atoms with Gasteiger partial charge in [-0.2, -0.15) is 0 Å². The van der Waals surface area contributed by atoms with Crippen LogP contribution in [-0.4, -0.2) is 10.9 Å². The molecule has 0 unspecified atom stereocenters. The van der Waals surface area contributed by atoms with E-state index in [0.29, 0.717) is 5.56 Å². The molecule has 12 heavy (non-hydrogen) atoms. The zero-order chi connectivity index (χ0) is 8.43. The quantitative estimate of drug-likeness (QED) is 0.399. The molecule has 1 aromatic carbocycles. The van der Waals surface area contributed by atoms with E-state index in [-0.39, 0.29) is 29.6 Å². The van der Waals surface area contributed by atoms with Crippen molar-refractivity contribution in [1.82, 2.24) is 0 Å². The molecule has 0 bridgehead atoms. The van der Waals surface area contributed by atoms with Gasteiger partial charge in [0.1, 0.15) is 5.75 Å². The van der Waals surface area contributed by atoms with Gasteiger partial charge in [-0.15, -0.1) is 12.4 Å². The van der Waals surface area contributed by atoms with E-state index in [1.165, 1.54) is 13.0 Å². The minimum atomic E-state index is -0.140. The zero-order valence-electron chi connectivity index (χ0n) is 6.57. The normalized spacial score (nSPS) is 8.75. The number of nitrogens with two attached hydrogens (primary N) is 1. The van der Waals surface area contributed by atoms with Gasteiger partial charge in [-0.3, -0.25) is 4.79 Å². The fraction of sp³-hybridized carbons (Fsp3) is 0.125. The van der Waals surface area contributed by atoms with E-state index in [9.17, 15) is 4.79 Å². The number of hydrogen-bond donors (Lipinski definition) is 2. The minimum Gasteiger partial charge on any atom is -0.506 e. The third-order valence-electron chi connectivity index (χ3n) is 1.46. The summed E-state index contributed by atoms with van der Waals surface area (Å²) < 4.78 is 0. The lowest BCUT2D eigenvalue weighted by Crippen LogP contribution is -1.98. The lowest BCUT2D eigenvalue weighted by atomic mass is 10.1. The van der Waals surface area contributed by atoms with Crippen LogP contribution in [0.5, 0.6) is 5.75 Å². The number of carbonyl (C=O) groups is 1. The second kappa shape index (κ2) is 3.97. The predicted molar refractivity (Wildman–Crippen MR) is 49.8 cm³/mol. The minimum absolute atomic E-state index is 0. The summed E-state index contributed by atoms with van der Waals surface area (Å²) in [5.41, 5.74) is 5.93. The van der Waals surface area contributed by atoms with Crippen LogP contribution in [0.4, 0.5) is 5.69 Å². The Hall–Kier alpha value is -1.22. The van der Waals surface area contributed by atoms with Crippen LogP contribution >= 0.6 is 12.4 Å². The molecule has 0 saturated carbocycles. The number of hydrogen-bond acceptors (Lipinski definition) is 3. The Morgan fingerprint density at radius 3 is 2.50 bits per heavy atom. The fourth-order valence-corrected chi connectivity index (χ4v) is 0.860. The third-order valence-corrected chi connectivity index (χ3v) is 1.46. The van der Waals surface area contributed by atoms with Crippen molar-refractivity contribution in [3.05, 3.63) is 23.8 Å². The average Bonchev–Trinajstić information content (AvgIpc) is 1.94. The molecule has 0 radical (unpaired) electrons. The van der Waals surface area contributed by atoms with E-state index in [2.05, 4.69) is 0 Å². The molecule has 0 amide bonds. The molecule has 1 aromatic rings. The standard InChI is InChI=1S/C8H9NO2.ClH/c1-5(10)6-3-2-4-7(11)8(6)9;/h2-4,11H,9H2,1H3;1H. The first-order valence-corrected chi connectivity index (χ1v) is 3.21. The number of para-hydroxylation sites is 1. The van der Waals surface area contributed by atoms with Crippen LogP contribution in [0.15, 0.2) is 18.2 Å². The highest BCUT2D eigenvalue weighted by Gasteiger charge is 2.06. The van der Waals surface area contributed by atoms with Gasteiger partial charge in [0.25, 0.3) is 0 Å². The molecule has 66 valence electrons. The van der Waals surface area contributed by atoms with Crippen molar-refractivity contribution < 1.29 is 9.90 Å². The fourth-order valence-electron chi connectivity index (χ4n) is 0.860. The van der Waals surface area contributed by atoms with Crippen LogP contribution in [0, 0.1) is 0 Å². The Bertz CT molecular complexity index is 299. The highest BCUT2D eigenvalue weighted by Crippen LogP contribution is 2.23. The van der Waals surface area contributed by atoms with E-state index in [0.717, 1.165) is 0 Å². The van der Waals surface area contributed by atoms with E-state index >= 15 is 0 Å². The molecule has 0 aliphatic carbocycles. The van der Waals surface area contributed by atoms with E-state index < -0.39 is 0 Å². The molecule has 3 nitrogen and oxygen atoms in total. The van der Waals surface area contributed by atoms with Gasteiger partial charge < -0.3 is 10.8 Å². The summed E-state index contributed by atoms with van der Waals surface area (Å²) >= 11 is 0. The Kier molecular flexibility index (Phi) is 3.57. The highest BCUT2D eigenvalue weighted by molar-refractivity contribution is 6.00. The molecule has 0 atom stereocenters. The van der Waals surface area contributed by atoms with Crippen molar-refractivity contribution in [2.75, 3.05) is 5.73 Å². The second-order valence-electron chi connectivity index (χ2n) is 2.29. The van der Waals surface area contributed by atoms with Gasteiger partial charge in [-0.25, -0.2) is 0 Å². The molecule has 0 saturated heterocycles. The average molecular weight is 188 g/mol. The maximum atomic E-state index is 10.8. The summed E-state index contributed by atoms with van der Waals surface area (Å²) in [5, 5.41) is 9.07. The molecular weight excluding hydrogens is 178 g/mol. The first-order chi connectivity index (χ1) is 5.13. The number of rotatable bonds is 1. The summed E-state index contributed by atoms with van der Waals surface area (Å²) in [7, 11) is 0. The number of halogens is 1. The van der Waals surface area contributed by atoms with Crippen LogP contribution in [0.3, 0.4) is 0 Å². The van der Waals surface area contributed by atoms with Crippen molar-refractivity contribution in [2.45, 2.75) is 6.92 Å². The van der Waals surface area contributed by atoms with Gasteiger partial charge in [-0.05, 0) is 19.1 Å². The lowest BCUT2D eigenvalue weighted by Gasteiger charge is -2.01. The molecule has 0 heterocycles. The van der Waals surface area contributed by atoms with Gasteiger partial charge in [0, 0.05) is 5.56 Å². The Labute approximate surface area is 76.6 Å². The predicted octanol–water partition coefficient (Wildman–Crippen LogP) is 1.60. The molecule has 0 aliphatic heterocycles. The van der Waals surface area contributed by atoms with Crippen molar-refractivity contribution in [2.24, 2.45) is 0 Å². The summed E-state index contributed by atoms with van der Waals surface area (Å²) in [6.45, 7) is 1.41. The van der Waals surface area contributed by atoms with Crippen LogP contribution in [-0.2, 0) is 0 Å². The Morgan fingerprint density at radius 2 is 2.08 bits per heavy atom. The maximum Gasteiger partial charge on any atom is 0.162 e. The molecule has 4 heteroatoms. The van der Waals surface area contributed by atoms with Crippen molar-refractivity contribution in [3.63, 3.8) is 0 Å². The number of anilines is 1. The van der Waals surface area contributed by atoms with Gasteiger partial charge in [0.15, 0.2) is 5.78 Å². The van der Waals surface area contributed by atoms with Crippen LogP contribution < -0.4 is 5.73 Å². The molecule has 0 aromatic heterocycles. The zero-order valence-corrected chi connectivity index (χ0v) is 7.39. The van der Waals surface area contributed by atoms with Crippen molar-refractivity contribution >= 4 is 23.9 Å². The summed E-state index contributed by atoms with van der Waals surface area (Å²) in [6, 6.07) is 4.61. The monoisotopic (exact) mass is 187 g/mol. The van der Waals surface area contributed by atoms with Gasteiger partial charge >= 0.3 is 0 Å². The smallest absolute Gasteiger partial charge is 0.162 e. The van der Waals surface area contributed by atoms with E-state index in [4.69, 9.17) is 10.8 Å². The highest BCUT2D eigenvalue weighted by atomic mass is 35.5.